The van der Waals surface area contributed by atoms with Crippen LogP contribution in [-0.2, 0) is 14.3 Å². The Hall–Kier alpha value is -2.44. The zero-order valence-corrected chi connectivity index (χ0v) is 13.8. The second-order valence-electron chi connectivity index (χ2n) is 6.78. The molecule has 134 valence electrons. The van der Waals surface area contributed by atoms with Crippen LogP contribution in [0.5, 0.6) is 0 Å². The van der Waals surface area contributed by atoms with E-state index in [1.165, 1.54) is 37.5 Å². The highest BCUT2D eigenvalue weighted by Crippen LogP contribution is 2.49. The number of carbonyl (C=O) groups is 3. The van der Waals surface area contributed by atoms with Crippen molar-refractivity contribution in [2.45, 2.75) is 32.1 Å². The quantitative estimate of drug-likeness (QED) is 0.802. The molecule has 0 radical (unpaired) electrons. The van der Waals surface area contributed by atoms with E-state index in [0.29, 0.717) is 18.3 Å². The zero-order valence-electron chi connectivity index (χ0n) is 13.8. The summed E-state index contributed by atoms with van der Waals surface area (Å²) in [4.78, 5) is 35.1. The van der Waals surface area contributed by atoms with Gasteiger partial charge in [-0.1, -0.05) is 18.6 Å². The van der Waals surface area contributed by atoms with Gasteiger partial charge in [-0.05, 0) is 49.1 Å². The summed E-state index contributed by atoms with van der Waals surface area (Å²) in [5.74, 6) is -0.0653. The first-order valence-corrected chi connectivity index (χ1v) is 8.52. The van der Waals surface area contributed by atoms with Crippen LogP contribution in [-0.4, -0.2) is 24.5 Å². The lowest BCUT2D eigenvalue weighted by Gasteiger charge is -2.20. The summed E-state index contributed by atoms with van der Waals surface area (Å²) in [5, 5.41) is 4.22. The Morgan fingerprint density at radius 1 is 1.16 bits per heavy atom. The van der Waals surface area contributed by atoms with Gasteiger partial charge in [-0.3, -0.25) is 14.9 Å². The minimum Gasteiger partial charge on any atom is -0.456 e. The maximum atomic E-state index is 13.4. The van der Waals surface area contributed by atoms with E-state index in [1.54, 1.807) is 6.07 Å². The highest BCUT2D eigenvalue weighted by molar-refractivity contribution is 6.01. The number of halogens is 1. The van der Waals surface area contributed by atoms with Gasteiger partial charge in [-0.15, -0.1) is 0 Å². The van der Waals surface area contributed by atoms with Gasteiger partial charge in [0.25, 0.3) is 5.91 Å². The van der Waals surface area contributed by atoms with E-state index in [0.717, 1.165) is 12.3 Å². The number of hydrogen-bond donors (Lipinski definition) is 2. The van der Waals surface area contributed by atoms with Gasteiger partial charge in [0, 0.05) is 6.42 Å². The lowest BCUT2D eigenvalue weighted by molar-refractivity contribution is -0.149. The van der Waals surface area contributed by atoms with Gasteiger partial charge in [0.2, 0.25) is 0 Å². The Balaban J connectivity index is 1.37. The minimum absolute atomic E-state index is 0.0407. The molecule has 6 nitrogen and oxygen atoms in total. The third-order valence-corrected chi connectivity index (χ3v) is 5.05. The van der Waals surface area contributed by atoms with Crippen LogP contribution in [0.2, 0.25) is 0 Å². The molecule has 1 aromatic carbocycles. The predicted molar refractivity (Wildman–Crippen MR) is 88.1 cm³/mol. The fourth-order valence-electron chi connectivity index (χ4n) is 3.92. The van der Waals surface area contributed by atoms with Gasteiger partial charge in [0.15, 0.2) is 6.61 Å². The number of fused-ring (bicyclic) bond motifs is 2. The fraction of sp³-hybridized carbons (Fsp3) is 0.500. The van der Waals surface area contributed by atoms with Gasteiger partial charge < -0.3 is 10.1 Å². The van der Waals surface area contributed by atoms with Gasteiger partial charge in [-0.2, -0.15) is 0 Å². The van der Waals surface area contributed by atoms with Crippen molar-refractivity contribution in [3.05, 3.63) is 30.1 Å². The molecule has 3 atom stereocenters. The summed E-state index contributed by atoms with van der Waals surface area (Å²) < 4.78 is 18.3. The molecule has 2 aliphatic rings. The monoisotopic (exact) mass is 348 g/mol. The van der Waals surface area contributed by atoms with Crippen molar-refractivity contribution in [3.63, 3.8) is 0 Å². The Morgan fingerprint density at radius 2 is 1.96 bits per heavy atom. The molecular weight excluding hydrogens is 327 g/mol. The highest BCUT2D eigenvalue weighted by atomic mass is 19.1. The van der Waals surface area contributed by atoms with Crippen molar-refractivity contribution in [2.24, 2.45) is 17.8 Å². The second kappa shape index (κ2) is 7.63. The van der Waals surface area contributed by atoms with Gasteiger partial charge in [0.05, 0.1) is 5.69 Å². The van der Waals surface area contributed by atoms with E-state index < -0.39 is 30.3 Å². The first-order valence-electron chi connectivity index (χ1n) is 8.52. The molecule has 0 aliphatic heterocycles. The van der Waals surface area contributed by atoms with Crippen molar-refractivity contribution in [1.29, 1.82) is 0 Å². The summed E-state index contributed by atoms with van der Waals surface area (Å²) in [5.41, 5.74) is -0.0407. The lowest BCUT2D eigenvalue weighted by Crippen LogP contribution is -2.37. The Kier molecular flexibility index (Phi) is 5.31. The number of amides is 3. The van der Waals surface area contributed by atoms with E-state index in [4.69, 9.17) is 4.74 Å². The number of para-hydroxylation sites is 1. The topological polar surface area (TPSA) is 84.5 Å². The lowest BCUT2D eigenvalue weighted by atomic mass is 9.86. The number of carbonyl (C=O) groups excluding carboxylic acids is 3. The fourth-order valence-corrected chi connectivity index (χ4v) is 3.92. The number of anilines is 1. The number of benzene rings is 1. The molecule has 3 rings (SSSR count). The highest BCUT2D eigenvalue weighted by Gasteiger charge is 2.40. The smallest absolute Gasteiger partial charge is 0.326 e. The van der Waals surface area contributed by atoms with Crippen molar-refractivity contribution >= 4 is 23.6 Å². The van der Waals surface area contributed by atoms with Gasteiger partial charge >= 0.3 is 12.0 Å². The van der Waals surface area contributed by atoms with E-state index in [2.05, 4.69) is 5.32 Å². The molecule has 0 unspecified atom stereocenters. The number of ether oxygens (including phenoxy) is 1. The van der Waals surface area contributed by atoms with E-state index in [9.17, 15) is 18.8 Å². The minimum atomic E-state index is -0.876. The number of hydrogen-bond acceptors (Lipinski definition) is 4. The molecule has 2 N–H and O–H groups in total. The average Bonchev–Trinajstić information content (AvgIpc) is 3.18. The van der Waals surface area contributed by atoms with Crippen LogP contribution in [0.15, 0.2) is 24.3 Å². The SMILES string of the molecule is O=C(COC(=O)C[C@@H]1C[C@H]2CC[C@H]1C2)NC(=O)Nc1ccccc1F. The summed E-state index contributed by atoms with van der Waals surface area (Å²) in [6.45, 7) is -0.523. The van der Waals surface area contributed by atoms with E-state index in [1.807, 2.05) is 5.32 Å². The van der Waals surface area contributed by atoms with Crippen LogP contribution in [0.3, 0.4) is 0 Å². The molecule has 3 amide bonds. The summed E-state index contributed by atoms with van der Waals surface area (Å²) in [6, 6.07) is 4.72. The molecule has 2 aliphatic carbocycles. The number of urea groups is 1. The summed E-state index contributed by atoms with van der Waals surface area (Å²) in [7, 11) is 0. The summed E-state index contributed by atoms with van der Waals surface area (Å²) in [6.07, 6.45) is 5.04. The normalized spacial score (nSPS) is 24.0. The molecule has 2 fully saturated rings. The third-order valence-electron chi connectivity index (χ3n) is 5.05. The van der Waals surface area contributed by atoms with Crippen LogP contribution < -0.4 is 10.6 Å². The first kappa shape index (κ1) is 17.4. The van der Waals surface area contributed by atoms with Crippen LogP contribution >= 0.6 is 0 Å². The Morgan fingerprint density at radius 3 is 2.64 bits per heavy atom. The molecule has 25 heavy (non-hydrogen) atoms. The predicted octanol–water partition coefficient (Wildman–Crippen LogP) is 2.84. The molecule has 7 heteroatoms. The molecule has 0 aromatic heterocycles. The van der Waals surface area contributed by atoms with E-state index in [-0.39, 0.29) is 5.69 Å². The number of imide groups is 1. The van der Waals surface area contributed by atoms with Gasteiger partial charge in [-0.25, -0.2) is 9.18 Å². The van der Waals surface area contributed by atoms with Crippen LogP contribution in [0.4, 0.5) is 14.9 Å². The molecular formula is C18H21FN2O4. The van der Waals surface area contributed by atoms with Crippen molar-refractivity contribution < 1.29 is 23.5 Å². The van der Waals surface area contributed by atoms with E-state index >= 15 is 0 Å². The van der Waals surface area contributed by atoms with Crippen LogP contribution in [0, 0.1) is 23.6 Å². The molecule has 2 bridgehead atoms. The first-order chi connectivity index (χ1) is 12.0. The van der Waals surface area contributed by atoms with Crippen molar-refractivity contribution in [2.75, 3.05) is 11.9 Å². The molecule has 1 aromatic rings. The number of nitrogens with one attached hydrogen (secondary N) is 2. The molecule has 2 saturated carbocycles. The standard InChI is InChI=1S/C18H21FN2O4/c19-14-3-1-2-4-15(14)20-18(24)21-16(22)10-25-17(23)9-13-8-11-5-6-12(13)7-11/h1-4,11-13H,5-10H2,(H2,20,21,22,24)/t11-,12-,13-/m0/s1. The van der Waals surface area contributed by atoms with Crippen molar-refractivity contribution in [3.8, 4) is 0 Å². The Bertz CT molecular complexity index is 679. The van der Waals surface area contributed by atoms with Crippen LogP contribution in [0.25, 0.3) is 0 Å². The van der Waals surface area contributed by atoms with Gasteiger partial charge in [0.1, 0.15) is 5.82 Å². The molecule has 0 saturated heterocycles. The number of esters is 1. The Labute approximate surface area is 145 Å². The van der Waals surface area contributed by atoms with Crippen LogP contribution in [0.1, 0.15) is 32.1 Å². The number of rotatable bonds is 5. The molecule has 0 heterocycles. The van der Waals surface area contributed by atoms with Crippen molar-refractivity contribution in [1.82, 2.24) is 5.32 Å². The maximum Gasteiger partial charge on any atom is 0.326 e. The molecule has 0 spiro atoms. The largest absolute Gasteiger partial charge is 0.456 e. The average molecular weight is 348 g/mol. The zero-order chi connectivity index (χ0) is 17.8. The second-order valence-corrected chi connectivity index (χ2v) is 6.78. The third kappa shape index (κ3) is 4.55. The maximum absolute atomic E-state index is 13.4. The summed E-state index contributed by atoms with van der Waals surface area (Å²) >= 11 is 0.